The van der Waals surface area contributed by atoms with Crippen molar-refractivity contribution >= 4 is 54.6 Å². The van der Waals surface area contributed by atoms with Crippen LogP contribution < -0.4 is 0 Å². The Balaban J connectivity index is 1.21. The average molecular weight is 768 g/mol. The third-order valence-electron chi connectivity index (χ3n) is 11.6. The molecule has 0 aliphatic carbocycles. The molecule has 0 N–H and O–H groups in total. The molecule has 280 valence electrons. The van der Waals surface area contributed by atoms with Crippen LogP contribution >= 0.6 is 0 Å². The smallest absolute Gasteiger partial charge is 0.167 e. The summed E-state index contributed by atoms with van der Waals surface area (Å²) in [6.07, 6.45) is 0. The van der Waals surface area contributed by atoms with Crippen LogP contribution in [-0.4, -0.2) is 15.0 Å². The SMILES string of the molecule is c1ccc(-c2cc(-c3nc(-c4cccc5c4oc4ccccc45)nc(-c4cccc5c4oc4ccccc45)n3)c(-c3ccccc3)c(-c3cccc4ccccc34)c2)cc1. The van der Waals surface area contributed by atoms with E-state index in [4.69, 9.17) is 23.8 Å². The molecule has 0 aliphatic rings. The van der Waals surface area contributed by atoms with E-state index in [9.17, 15) is 0 Å². The van der Waals surface area contributed by atoms with Gasteiger partial charge < -0.3 is 8.83 Å². The van der Waals surface area contributed by atoms with Gasteiger partial charge in [0.15, 0.2) is 17.5 Å². The Morgan fingerprint density at radius 3 is 1.33 bits per heavy atom. The maximum absolute atomic E-state index is 6.61. The van der Waals surface area contributed by atoms with Crippen molar-refractivity contribution in [3.63, 3.8) is 0 Å². The van der Waals surface area contributed by atoms with Gasteiger partial charge in [-0.1, -0.05) is 164 Å². The molecule has 5 heteroatoms. The molecule has 60 heavy (non-hydrogen) atoms. The van der Waals surface area contributed by atoms with Crippen LogP contribution in [0.1, 0.15) is 0 Å². The minimum atomic E-state index is 0.503. The number of hydrogen-bond donors (Lipinski definition) is 0. The van der Waals surface area contributed by atoms with Crippen LogP contribution in [0.3, 0.4) is 0 Å². The molecule has 0 fully saturated rings. The van der Waals surface area contributed by atoms with Gasteiger partial charge in [0.2, 0.25) is 0 Å². The Labute approximate surface area is 344 Å². The van der Waals surface area contributed by atoms with Gasteiger partial charge in [0, 0.05) is 32.7 Å². The van der Waals surface area contributed by atoms with Gasteiger partial charge in [-0.05, 0) is 75.0 Å². The van der Waals surface area contributed by atoms with Crippen LogP contribution in [0.25, 0.3) is 122 Å². The standard InChI is InChI=1S/C55H33N3O2/c1-3-16-34(17-4-1)37-32-46(39-25-13-21-35-18-7-8-22-38(35)39)50(36-19-5-2-6-20-36)47(33-37)55-57-53(44-28-14-26-42-40-23-9-11-30-48(40)59-51(42)44)56-54(58-55)45-29-15-27-43-41-24-10-12-31-49(41)60-52(43)45/h1-33H. The fourth-order valence-electron chi connectivity index (χ4n) is 8.79. The van der Waals surface area contributed by atoms with Crippen LogP contribution in [0.4, 0.5) is 0 Å². The predicted octanol–water partition coefficient (Wildman–Crippen LogP) is 14.8. The summed E-state index contributed by atoms with van der Waals surface area (Å²) in [5.41, 5.74) is 11.9. The van der Waals surface area contributed by atoms with Crippen molar-refractivity contribution in [2.45, 2.75) is 0 Å². The van der Waals surface area contributed by atoms with E-state index in [0.717, 1.165) is 93.9 Å². The molecule has 3 aromatic heterocycles. The minimum absolute atomic E-state index is 0.503. The molecular weight excluding hydrogens is 735 g/mol. The second kappa shape index (κ2) is 13.8. The molecule has 0 atom stereocenters. The molecule has 9 aromatic carbocycles. The molecule has 0 saturated carbocycles. The molecule has 12 rings (SSSR count). The van der Waals surface area contributed by atoms with Gasteiger partial charge in [0.05, 0.1) is 11.1 Å². The number of hydrogen-bond acceptors (Lipinski definition) is 5. The lowest BCUT2D eigenvalue weighted by atomic mass is 9.85. The zero-order valence-corrected chi connectivity index (χ0v) is 32.2. The summed E-state index contributed by atoms with van der Waals surface area (Å²) >= 11 is 0. The van der Waals surface area contributed by atoms with Crippen LogP contribution in [-0.2, 0) is 0 Å². The normalized spacial score (nSPS) is 11.7. The number of furan rings is 2. The number of fused-ring (bicyclic) bond motifs is 7. The summed E-state index contributed by atoms with van der Waals surface area (Å²) in [5.74, 6) is 1.54. The summed E-state index contributed by atoms with van der Waals surface area (Å²) in [7, 11) is 0. The third-order valence-corrected chi connectivity index (χ3v) is 11.6. The van der Waals surface area contributed by atoms with Crippen LogP contribution in [0.2, 0.25) is 0 Å². The number of aromatic nitrogens is 3. The number of nitrogens with zero attached hydrogens (tertiary/aromatic N) is 3. The van der Waals surface area contributed by atoms with Crippen molar-refractivity contribution in [3.8, 4) is 67.5 Å². The largest absolute Gasteiger partial charge is 0.455 e. The van der Waals surface area contributed by atoms with E-state index < -0.39 is 0 Å². The van der Waals surface area contributed by atoms with Gasteiger partial charge >= 0.3 is 0 Å². The van der Waals surface area contributed by atoms with E-state index in [1.54, 1.807) is 0 Å². The maximum atomic E-state index is 6.61. The van der Waals surface area contributed by atoms with Gasteiger partial charge in [0.25, 0.3) is 0 Å². The Bertz CT molecular complexity index is 3470. The van der Waals surface area contributed by atoms with E-state index in [2.05, 4.69) is 140 Å². The van der Waals surface area contributed by atoms with Gasteiger partial charge in [0.1, 0.15) is 22.3 Å². The minimum Gasteiger partial charge on any atom is -0.455 e. The van der Waals surface area contributed by atoms with Crippen molar-refractivity contribution in [2.75, 3.05) is 0 Å². The first kappa shape index (κ1) is 33.9. The fourth-order valence-corrected chi connectivity index (χ4v) is 8.79. The molecule has 0 amide bonds. The van der Waals surface area contributed by atoms with Crippen molar-refractivity contribution in [3.05, 3.63) is 200 Å². The van der Waals surface area contributed by atoms with Crippen LogP contribution in [0.5, 0.6) is 0 Å². The lowest BCUT2D eigenvalue weighted by Gasteiger charge is -2.20. The van der Waals surface area contributed by atoms with E-state index in [-0.39, 0.29) is 0 Å². The Hall–Kier alpha value is -8.15. The molecule has 0 unspecified atom stereocenters. The highest BCUT2D eigenvalue weighted by Crippen LogP contribution is 2.46. The lowest BCUT2D eigenvalue weighted by Crippen LogP contribution is -2.03. The first-order valence-electron chi connectivity index (χ1n) is 20.1. The molecule has 12 aromatic rings. The molecule has 0 saturated heterocycles. The molecule has 0 bridgehead atoms. The van der Waals surface area contributed by atoms with Crippen molar-refractivity contribution < 1.29 is 8.83 Å². The van der Waals surface area contributed by atoms with Gasteiger partial charge in [-0.25, -0.2) is 15.0 Å². The summed E-state index contributed by atoms with van der Waals surface area (Å²) in [5, 5.41) is 6.41. The molecule has 0 spiro atoms. The van der Waals surface area contributed by atoms with Gasteiger partial charge in [-0.2, -0.15) is 0 Å². The topological polar surface area (TPSA) is 65.0 Å². The Morgan fingerprint density at radius 2 is 0.717 bits per heavy atom. The second-order valence-corrected chi connectivity index (χ2v) is 15.1. The molecule has 5 nitrogen and oxygen atoms in total. The monoisotopic (exact) mass is 767 g/mol. The predicted molar refractivity (Wildman–Crippen MR) is 245 cm³/mol. The van der Waals surface area contributed by atoms with Crippen molar-refractivity contribution in [1.82, 2.24) is 15.0 Å². The third kappa shape index (κ3) is 5.52. The van der Waals surface area contributed by atoms with Gasteiger partial charge in [-0.15, -0.1) is 0 Å². The zero-order chi connectivity index (χ0) is 39.6. The Kier molecular flexibility index (Phi) is 7.78. The van der Waals surface area contributed by atoms with E-state index in [1.165, 1.54) is 10.8 Å². The number of para-hydroxylation sites is 4. The maximum Gasteiger partial charge on any atom is 0.167 e. The lowest BCUT2D eigenvalue weighted by molar-refractivity contribution is 0.669. The molecule has 3 heterocycles. The van der Waals surface area contributed by atoms with E-state index in [1.807, 2.05) is 60.7 Å². The fraction of sp³-hybridized carbons (Fsp3) is 0. The molecule has 0 aliphatic heterocycles. The summed E-state index contributed by atoms with van der Waals surface area (Å²) in [6, 6.07) is 69.4. The van der Waals surface area contributed by atoms with Crippen LogP contribution in [0, 0.1) is 0 Å². The molecule has 0 radical (unpaired) electrons. The summed E-state index contributed by atoms with van der Waals surface area (Å²) in [4.78, 5) is 16.2. The summed E-state index contributed by atoms with van der Waals surface area (Å²) < 4.78 is 13.2. The second-order valence-electron chi connectivity index (χ2n) is 15.1. The highest BCUT2D eigenvalue weighted by atomic mass is 16.3. The molecular formula is C55H33N3O2. The summed E-state index contributed by atoms with van der Waals surface area (Å²) in [6.45, 7) is 0. The quantitative estimate of drug-likeness (QED) is 0.169. The van der Waals surface area contributed by atoms with Gasteiger partial charge in [-0.3, -0.25) is 0 Å². The van der Waals surface area contributed by atoms with Crippen molar-refractivity contribution in [2.24, 2.45) is 0 Å². The van der Waals surface area contributed by atoms with E-state index >= 15 is 0 Å². The highest BCUT2D eigenvalue weighted by molar-refractivity contribution is 6.11. The Morgan fingerprint density at radius 1 is 0.283 bits per heavy atom. The number of rotatable bonds is 6. The number of benzene rings is 9. The van der Waals surface area contributed by atoms with Crippen LogP contribution in [0.15, 0.2) is 209 Å². The van der Waals surface area contributed by atoms with E-state index in [0.29, 0.717) is 17.5 Å². The zero-order valence-electron chi connectivity index (χ0n) is 32.2. The first-order valence-corrected chi connectivity index (χ1v) is 20.1. The highest BCUT2D eigenvalue weighted by Gasteiger charge is 2.24. The first-order chi connectivity index (χ1) is 29.7. The average Bonchev–Trinajstić information content (AvgIpc) is 3.90. The van der Waals surface area contributed by atoms with Crippen molar-refractivity contribution in [1.29, 1.82) is 0 Å².